The summed E-state index contributed by atoms with van der Waals surface area (Å²) in [4.78, 5) is 26.5. The number of nitrogens with one attached hydrogen (secondary N) is 1. The summed E-state index contributed by atoms with van der Waals surface area (Å²) < 4.78 is 7.80. The predicted octanol–water partition coefficient (Wildman–Crippen LogP) is 1.64. The summed E-state index contributed by atoms with van der Waals surface area (Å²) in [6, 6.07) is 0.156. The fourth-order valence-corrected chi connectivity index (χ4v) is 4.97. The molecule has 0 bridgehead atoms. The molecule has 2 heterocycles. The number of aryl methyl sites for hydroxylation is 2. The van der Waals surface area contributed by atoms with Gasteiger partial charge in [-0.05, 0) is 51.5 Å². The summed E-state index contributed by atoms with van der Waals surface area (Å²) in [5.74, 6) is 0.161. The first-order valence-electron chi connectivity index (χ1n) is 9.88. The average Bonchev–Trinajstić information content (AvgIpc) is 3.11. The van der Waals surface area contributed by atoms with E-state index >= 15 is 0 Å². The summed E-state index contributed by atoms with van der Waals surface area (Å²) in [5.41, 5.74) is 3.03. The van der Waals surface area contributed by atoms with E-state index in [4.69, 9.17) is 4.74 Å². The molecule has 1 aliphatic carbocycles. The number of carbonyl (C=O) groups excluding carboxylic acids is 2. The van der Waals surface area contributed by atoms with Gasteiger partial charge in [-0.25, -0.2) is 0 Å². The summed E-state index contributed by atoms with van der Waals surface area (Å²) in [7, 11) is 3.69. The number of hydrogen-bond acceptors (Lipinski definition) is 4. The van der Waals surface area contributed by atoms with Crippen LogP contribution in [0.1, 0.15) is 56.0 Å². The van der Waals surface area contributed by atoms with E-state index in [1.165, 1.54) is 5.56 Å². The Bertz CT molecular complexity index is 729. The van der Waals surface area contributed by atoms with Gasteiger partial charge in [-0.3, -0.25) is 14.3 Å². The minimum Gasteiger partial charge on any atom is -0.376 e. The number of methoxy groups -OCH3 is 1. The highest BCUT2D eigenvalue weighted by Crippen LogP contribution is 2.42. The third-order valence-corrected chi connectivity index (χ3v) is 6.57. The molecule has 3 atom stereocenters. The SMILES string of the molecule is CO[C@@]12CC[C@@H](NC(C)=O)C[C@@H]1N(C(=O)CCc1c(C)nn(C)c1C)CC2. The quantitative estimate of drug-likeness (QED) is 0.848. The van der Waals surface area contributed by atoms with Crippen molar-refractivity contribution in [3.8, 4) is 0 Å². The maximum Gasteiger partial charge on any atom is 0.223 e. The lowest BCUT2D eigenvalue weighted by Gasteiger charge is -2.43. The Morgan fingerprint density at radius 3 is 2.67 bits per heavy atom. The van der Waals surface area contributed by atoms with Crippen LogP contribution in [0, 0.1) is 13.8 Å². The lowest BCUT2D eigenvalue weighted by Crippen LogP contribution is -2.55. The van der Waals surface area contributed by atoms with Crippen molar-refractivity contribution in [2.45, 2.75) is 77.0 Å². The standard InChI is InChI=1S/C20H32N4O3/c1-13-17(14(2)23(4)22-13)6-7-19(26)24-11-10-20(27-5)9-8-16(12-18(20)24)21-15(3)25/h16,18H,6-12H2,1-5H3,(H,21,25)/t16-,18+,20-/m1/s1. The van der Waals surface area contributed by atoms with Gasteiger partial charge in [0.2, 0.25) is 11.8 Å². The average molecular weight is 377 g/mol. The minimum absolute atomic E-state index is 0.0108. The summed E-state index contributed by atoms with van der Waals surface area (Å²) in [6.07, 6.45) is 4.61. The number of amides is 2. The Balaban J connectivity index is 1.69. The molecule has 0 spiro atoms. The minimum atomic E-state index is -0.259. The second kappa shape index (κ2) is 7.62. The molecule has 1 aromatic heterocycles. The molecule has 1 N–H and O–H groups in total. The highest BCUT2D eigenvalue weighted by Gasteiger charge is 2.52. The molecular formula is C20H32N4O3. The summed E-state index contributed by atoms with van der Waals surface area (Å²) in [5, 5.41) is 7.47. The van der Waals surface area contributed by atoms with E-state index in [1.807, 2.05) is 30.5 Å². The van der Waals surface area contributed by atoms with Crippen molar-refractivity contribution in [2.24, 2.45) is 7.05 Å². The Morgan fingerprint density at radius 1 is 1.33 bits per heavy atom. The first-order valence-corrected chi connectivity index (χ1v) is 9.88. The highest BCUT2D eigenvalue weighted by molar-refractivity contribution is 5.77. The van der Waals surface area contributed by atoms with Gasteiger partial charge in [-0.1, -0.05) is 0 Å². The van der Waals surface area contributed by atoms with E-state index in [1.54, 1.807) is 14.0 Å². The van der Waals surface area contributed by atoms with E-state index in [9.17, 15) is 9.59 Å². The molecule has 27 heavy (non-hydrogen) atoms. The third-order valence-electron chi connectivity index (χ3n) is 6.57. The van der Waals surface area contributed by atoms with Gasteiger partial charge in [-0.15, -0.1) is 0 Å². The number of fused-ring (bicyclic) bond motifs is 1. The molecule has 2 fully saturated rings. The van der Waals surface area contributed by atoms with Crippen molar-refractivity contribution in [3.05, 3.63) is 17.0 Å². The van der Waals surface area contributed by atoms with Crippen LogP contribution in [0.3, 0.4) is 0 Å². The highest BCUT2D eigenvalue weighted by atomic mass is 16.5. The fourth-order valence-electron chi connectivity index (χ4n) is 4.97. The van der Waals surface area contributed by atoms with E-state index in [2.05, 4.69) is 10.4 Å². The van der Waals surface area contributed by atoms with Crippen molar-refractivity contribution in [2.75, 3.05) is 13.7 Å². The first kappa shape index (κ1) is 19.9. The topological polar surface area (TPSA) is 76.5 Å². The maximum atomic E-state index is 13.0. The first-order chi connectivity index (χ1) is 12.8. The van der Waals surface area contributed by atoms with Crippen LogP contribution in [0.4, 0.5) is 0 Å². The Kier molecular flexibility index (Phi) is 5.60. The zero-order valence-corrected chi connectivity index (χ0v) is 17.2. The van der Waals surface area contributed by atoms with Crippen LogP contribution in [0.2, 0.25) is 0 Å². The van der Waals surface area contributed by atoms with Gasteiger partial charge in [0.1, 0.15) is 0 Å². The Hall–Kier alpha value is -1.89. The van der Waals surface area contributed by atoms with Crippen molar-refractivity contribution in [3.63, 3.8) is 0 Å². The number of carbonyl (C=O) groups is 2. The predicted molar refractivity (Wildman–Crippen MR) is 102 cm³/mol. The Labute approximate surface area is 161 Å². The second-order valence-corrected chi connectivity index (χ2v) is 8.07. The molecule has 2 amide bonds. The van der Waals surface area contributed by atoms with Crippen molar-refractivity contribution in [1.29, 1.82) is 0 Å². The zero-order valence-electron chi connectivity index (χ0n) is 17.2. The molecule has 1 saturated carbocycles. The number of nitrogens with zero attached hydrogens (tertiary/aromatic N) is 3. The fraction of sp³-hybridized carbons (Fsp3) is 0.750. The second-order valence-electron chi connectivity index (χ2n) is 8.07. The van der Waals surface area contributed by atoms with Crippen molar-refractivity contribution >= 4 is 11.8 Å². The zero-order chi connectivity index (χ0) is 19.8. The molecule has 7 heteroatoms. The van der Waals surface area contributed by atoms with Gasteiger partial charge >= 0.3 is 0 Å². The van der Waals surface area contributed by atoms with Crippen LogP contribution in [0.25, 0.3) is 0 Å². The van der Waals surface area contributed by atoms with Crippen molar-refractivity contribution < 1.29 is 14.3 Å². The molecule has 1 saturated heterocycles. The van der Waals surface area contributed by atoms with Gasteiger partial charge in [0, 0.05) is 45.8 Å². The molecule has 2 aliphatic rings. The van der Waals surface area contributed by atoms with Gasteiger partial charge in [0.05, 0.1) is 17.3 Å². The van der Waals surface area contributed by atoms with E-state index < -0.39 is 0 Å². The molecule has 0 radical (unpaired) electrons. The smallest absolute Gasteiger partial charge is 0.223 e. The number of likely N-dealkylation sites (tertiary alicyclic amines) is 1. The number of aromatic nitrogens is 2. The third kappa shape index (κ3) is 3.74. The van der Waals surface area contributed by atoms with Crippen LogP contribution in [0.15, 0.2) is 0 Å². The normalized spacial score (nSPS) is 27.5. The van der Waals surface area contributed by atoms with Gasteiger partial charge in [-0.2, -0.15) is 5.10 Å². The monoisotopic (exact) mass is 376 g/mol. The van der Waals surface area contributed by atoms with Gasteiger partial charge in [0.25, 0.3) is 0 Å². The molecule has 1 aromatic rings. The maximum absolute atomic E-state index is 13.0. The van der Waals surface area contributed by atoms with Crippen LogP contribution in [-0.4, -0.2) is 57.8 Å². The molecular weight excluding hydrogens is 344 g/mol. The molecule has 7 nitrogen and oxygen atoms in total. The molecule has 0 unspecified atom stereocenters. The number of rotatable bonds is 5. The van der Waals surface area contributed by atoms with E-state index in [-0.39, 0.29) is 29.5 Å². The van der Waals surface area contributed by atoms with Gasteiger partial charge in [0.15, 0.2) is 0 Å². The lowest BCUT2D eigenvalue weighted by atomic mass is 9.78. The lowest BCUT2D eigenvalue weighted by molar-refractivity contribution is -0.137. The number of ether oxygens (including phenoxy) is 1. The molecule has 150 valence electrons. The van der Waals surface area contributed by atoms with Crippen LogP contribution < -0.4 is 5.32 Å². The molecule has 3 rings (SSSR count). The molecule has 0 aromatic carbocycles. The van der Waals surface area contributed by atoms with Crippen molar-refractivity contribution in [1.82, 2.24) is 20.0 Å². The van der Waals surface area contributed by atoms with Crippen LogP contribution >= 0.6 is 0 Å². The largest absolute Gasteiger partial charge is 0.376 e. The Morgan fingerprint density at radius 2 is 2.07 bits per heavy atom. The van der Waals surface area contributed by atoms with Gasteiger partial charge < -0.3 is 15.0 Å². The number of hydrogen-bond donors (Lipinski definition) is 1. The summed E-state index contributed by atoms with van der Waals surface area (Å²) >= 11 is 0. The molecule has 1 aliphatic heterocycles. The van der Waals surface area contributed by atoms with Crippen LogP contribution in [-0.2, 0) is 27.8 Å². The van der Waals surface area contributed by atoms with Crippen LogP contribution in [0.5, 0.6) is 0 Å². The van der Waals surface area contributed by atoms with E-state index in [0.717, 1.165) is 43.6 Å². The summed E-state index contributed by atoms with van der Waals surface area (Å²) in [6.45, 7) is 6.33. The van der Waals surface area contributed by atoms with E-state index in [0.29, 0.717) is 12.8 Å².